The second kappa shape index (κ2) is 9.54. The number of nitrogens with zero attached hydrogens (tertiary/aromatic N) is 4. The van der Waals surface area contributed by atoms with Crippen LogP contribution in [0.1, 0.15) is 21.7 Å². The number of rotatable bonds is 8. The first-order valence-electron chi connectivity index (χ1n) is 10.5. The van der Waals surface area contributed by atoms with Crippen molar-refractivity contribution in [2.24, 2.45) is 7.05 Å². The number of ketones is 1. The molecule has 2 aromatic carbocycles. The van der Waals surface area contributed by atoms with E-state index in [1.165, 1.54) is 11.8 Å². The minimum Gasteiger partial charge on any atom is -0.493 e. The van der Waals surface area contributed by atoms with Crippen LogP contribution in [0, 0.1) is 13.8 Å². The van der Waals surface area contributed by atoms with E-state index in [-0.39, 0.29) is 11.5 Å². The molecular weight excluding hydrogens is 436 g/mol. The number of Topliss-reactive ketones (excluding diaryl/α,β-unsaturated/α-hetero) is 1. The minimum atomic E-state index is 0.0596. The summed E-state index contributed by atoms with van der Waals surface area (Å²) in [5, 5.41) is 9.50. The molecule has 0 spiro atoms. The van der Waals surface area contributed by atoms with Gasteiger partial charge >= 0.3 is 0 Å². The molecular formula is C25H26N4O3S. The molecule has 4 rings (SSSR count). The van der Waals surface area contributed by atoms with E-state index in [1.54, 1.807) is 14.2 Å². The van der Waals surface area contributed by atoms with Crippen molar-refractivity contribution in [3.8, 4) is 28.6 Å². The largest absolute Gasteiger partial charge is 0.493 e. The molecule has 0 atom stereocenters. The monoisotopic (exact) mass is 462 g/mol. The van der Waals surface area contributed by atoms with E-state index < -0.39 is 0 Å². The van der Waals surface area contributed by atoms with Gasteiger partial charge in [-0.05, 0) is 32.0 Å². The van der Waals surface area contributed by atoms with Gasteiger partial charge in [-0.15, -0.1) is 10.2 Å². The molecule has 0 N–H and O–H groups in total. The van der Waals surface area contributed by atoms with Gasteiger partial charge in [0.15, 0.2) is 28.3 Å². The van der Waals surface area contributed by atoms with Crippen molar-refractivity contribution in [2.45, 2.75) is 19.0 Å². The van der Waals surface area contributed by atoms with Crippen LogP contribution in [0.25, 0.3) is 17.1 Å². The quantitative estimate of drug-likeness (QED) is 0.274. The van der Waals surface area contributed by atoms with Crippen LogP contribution < -0.4 is 9.47 Å². The maximum absolute atomic E-state index is 13.0. The number of hydrogen-bond donors (Lipinski definition) is 0. The molecule has 8 heteroatoms. The molecule has 0 saturated carbocycles. The Kier molecular flexibility index (Phi) is 6.55. The van der Waals surface area contributed by atoms with E-state index in [1.807, 2.05) is 84.6 Å². The number of methoxy groups -OCH3 is 2. The fourth-order valence-corrected chi connectivity index (χ4v) is 4.52. The molecule has 0 saturated heterocycles. The fraction of sp³-hybridized carbons (Fsp3) is 0.240. The minimum absolute atomic E-state index is 0.0596. The first-order valence-corrected chi connectivity index (χ1v) is 11.4. The first kappa shape index (κ1) is 22.7. The van der Waals surface area contributed by atoms with Crippen LogP contribution in [0.2, 0.25) is 0 Å². The van der Waals surface area contributed by atoms with E-state index in [0.717, 1.165) is 28.2 Å². The Morgan fingerprint density at radius 1 is 0.970 bits per heavy atom. The summed E-state index contributed by atoms with van der Waals surface area (Å²) in [6.07, 6.45) is 0. The molecule has 0 aliphatic rings. The van der Waals surface area contributed by atoms with E-state index in [4.69, 9.17) is 9.47 Å². The van der Waals surface area contributed by atoms with Crippen LogP contribution in [0.4, 0.5) is 0 Å². The summed E-state index contributed by atoms with van der Waals surface area (Å²) in [6, 6.07) is 17.4. The fourth-order valence-electron chi connectivity index (χ4n) is 3.68. The SMILES string of the molecule is COc1ccc(-n2c(SCC(=O)c3cc(C)n(C)c3C)nnc2-c2ccccc2)cc1OC. The van der Waals surface area contributed by atoms with Gasteiger partial charge in [0.1, 0.15) is 0 Å². The lowest BCUT2D eigenvalue weighted by Gasteiger charge is -2.13. The molecule has 0 bridgehead atoms. The van der Waals surface area contributed by atoms with Crippen LogP contribution in [0.5, 0.6) is 11.5 Å². The smallest absolute Gasteiger partial charge is 0.196 e. The summed E-state index contributed by atoms with van der Waals surface area (Å²) in [4.78, 5) is 13.0. The van der Waals surface area contributed by atoms with E-state index in [0.29, 0.717) is 22.5 Å². The van der Waals surface area contributed by atoms with Crippen LogP contribution in [0.15, 0.2) is 59.8 Å². The average Bonchev–Trinajstić information content (AvgIpc) is 3.39. The third kappa shape index (κ3) is 4.39. The molecule has 2 aromatic heterocycles. The second-order valence-electron chi connectivity index (χ2n) is 7.60. The summed E-state index contributed by atoms with van der Waals surface area (Å²) >= 11 is 1.37. The third-order valence-corrected chi connectivity index (χ3v) is 6.63. The van der Waals surface area contributed by atoms with Gasteiger partial charge in [-0.3, -0.25) is 9.36 Å². The highest BCUT2D eigenvalue weighted by Crippen LogP contribution is 2.34. The Morgan fingerprint density at radius 2 is 1.70 bits per heavy atom. The Bertz CT molecular complexity index is 1290. The highest BCUT2D eigenvalue weighted by Gasteiger charge is 2.20. The van der Waals surface area contributed by atoms with E-state index >= 15 is 0 Å². The number of carbonyl (C=O) groups excluding carboxylic acids is 1. The van der Waals surface area contributed by atoms with E-state index in [9.17, 15) is 4.79 Å². The van der Waals surface area contributed by atoms with Crippen molar-refractivity contribution in [3.63, 3.8) is 0 Å². The van der Waals surface area contributed by atoms with Crippen molar-refractivity contribution in [1.82, 2.24) is 19.3 Å². The summed E-state index contributed by atoms with van der Waals surface area (Å²) in [6.45, 7) is 3.96. The zero-order valence-electron chi connectivity index (χ0n) is 19.3. The molecule has 170 valence electrons. The topological polar surface area (TPSA) is 71.2 Å². The van der Waals surface area contributed by atoms with Crippen LogP contribution in [-0.4, -0.2) is 45.1 Å². The van der Waals surface area contributed by atoms with Gasteiger partial charge in [0.05, 0.1) is 25.7 Å². The molecule has 0 aliphatic carbocycles. The van der Waals surface area contributed by atoms with Crippen molar-refractivity contribution < 1.29 is 14.3 Å². The predicted molar refractivity (Wildman–Crippen MR) is 130 cm³/mol. The lowest BCUT2D eigenvalue weighted by Crippen LogP contribution is -2.06. The number of hydrogen-bond acceptors (Lipinski definition) is 6. The molecule has 0 aliphatic heterocycles. The predicted octanol–water partition coefficient (Wildman–Crippen LogP) is 4.88. The second-order valence-corrected chi connectivity index (χ2v) is 8.55. The standard InChI is InChI=1S/C25H26N4O3S/c1-16-13-20(17(2)28(16)3)21(30)15-33-25-27-26-24(18-9-7-6-8-10-18)29(25)19-11-12-22(31-4)23(14-19)32-5/h6-14H,15H2,1-5H3. The van der Waals surface area contributed by atoms with Gasteiger partial charge in [0.2, 0.25) is 0 Å². The molecule has 7 nitrogen and oxygen atoms in total. The number of aryl methyl sites for hydroxylation is 1. The van der Waals surface area contributed by atoms with Crippen molar-refractivity contribution >= 4 is 17.5 Å². The Labute approximate surface area is 197 Å². The zero-order valence-corrected chi connectivity index (χ0v) is 20.1. The number of aromatic nitrogens is 4. The summed E-state index contributed by atoms with van der Waals surface area (Å²) < 4.78 is 14.9. The van der Waals surface area contributed by atoms with Gasteiger partial charge in [-0.1, -0.05) is 42.1 Å². The van der Waals surface area contributed by atoms with Gasteiger partial charge in [0, 0.05) is 35.6 Å². The molecule has 0 fully saturated rings. The normalized spacial score (nSPS) is 10.9. The molecule has 2 heterocycles. The molecule has 0 unspecified atom stereocenters. The van der Waals surface area contributed by atoms with Crippen molar-refractivity contribution in [1.29, 1.82) is 0 Å². The summed E-state index contributed by atoms with van der Waals surface area (Å²) in [5.41, 5.74) is 4.50. The highest BCUT2D eigenvalue weighted by molar-refractivity contribution is 7.99. The summed E-state index contributed by atoms with van der Waals surface area (Å²) in [5.74, 6) is 2.23. The molecule has 33 heavy (non-hydrogen) atoms. The number of thioether (sulfide) groups is 1. The molecule has 4 aromatic rings. The zero-order chi connectivity index (χ0) is 23.5. The average molecular weight is 463 g/mol. The molecule has 0 amide bonds. The van der Waals surface area contributed by atoms with Gasteiger partial charge in [0.25, 0.3) is 0 Å². The van der Waals surface area contributed by atoms with Crippen molar-refractivity contribution in [2.75, 3.05) is 20.0 Å². The first-order chi connectivity index (χ1) is 15.9. The van der Waals surface area contributed by atoms with Crippen LogP contribution in [-0.2, 0) is 7.05 Å². The lowest BCUT2D eigenvalue weighted by molar-refractivity contribution is 0.102. The van der Waals surface area contributed by atoms with E-state index in [2.05, 4.69) is 10.2 Å². The number of benzene rings is 2. The molecule has 0 radical (unpaired) electrons. The Balaban J connectivity index is 1.72. The highest BCUT2D eigenvalue weighted by atomic mass is 32.2. The van der Waals surface area contributed by atoms with Gasteiger partial charge < -0.3 is 14.0 Å². The Morgan fingerprint density at radius 3 is 2.33 bits per heavy atom. The summed E-state index contributed by atoms with van der Waals surface area (Å²) in [7, 11) is 5.17. The Hall–Kier alpha value is -3.52. The lowest BCUT2D eigenvalue weighted by atomic mass is 10.2. The van der Waals surface area contributed by atoms with Crippen LogP contribution in [0.3, 0.4) is 0 Å². The van der Waals surface area contributed by atoms with Crippen molar-refractivity contribution in [3.05, 3.63) is 71.5 Å². The number of ether oxygens (including phenoxy) is 2. The van der Waals surface area contributed by atoms with Crippen LogP contribution >= 0.6 is 11.8 Å². The van der Waals surface area contributed by atoms with Gasteiger partial charge in [-0.2, -0.15) is 0 Å². The van der Waals surface area contributed by atoms with Gasteiger partial charge in [-0.25, -0.2) is 0 Å². The maximum Gasteiger partial charge on any atom is 0.196 e. The number of carbonyl (C=O) groups is 1. The maximum atomic E-state index is 13.0. The third-order valence-electron chi connectivity index (χ3n) is 5.70.